The normalized spacial score (nSPS) is 12.8. The molecule has 0 aromatic carbocycles. The van der Waals surface area contributed by atoms with Crippen LogP contribution < -0.4 is 0 Å². The monoisotopic (exact) mass is 212 g/mol. The van der Waals surface area contributed by atoms with E-state index in [0.29, 0.717) is 18.3 Å². The average Bonchev–Trinajstić information content (AvgIpc) is 2.00. The molecule has 0 spiro atoms. The second-order valence-corrected chi connectivity index (χ2v) is 4.94. The van der Waals surface area contributed by atoms with Crippen molar-refractivity contribution >= 4 is 5.97 Å². The Kier molecular flexibility index (Phi) is 7.10. The lowest BCUT2D eigenvalue weighted by Gasteiger charge is -2.14. The second-order valence-electron chi connectivity index (χ2n) is 4.94. The first-order chi connectivity index (χ1) is 6.91. The van der Waals surface area contributed by atoms with E-state index in [0.717, 1.165) is 25.7 Å². The predicted octanol–water partition coefficient (Wildman–Crippen LogP) is 3.87. The molecule has 88 valence electrons. The van der Waals surface area contributed by atoms with Crippen LogP contribution in [0.4, 0.5) is 0 Å². The zero-order valence-electron chi connectivity index (χ0n) is 10.3. The quantitative estimate of drug-likeness (QED) is 0.620. The van der Waals surface area contributed by atoms with E-state index in [9.17, 15) is 4.79 Å². The summed E-state index contributed by atoms with van der Waals surface area (Å²) in [4.78, 5) is 10.3. The number of carboxylic acids is 1. The van der Waals surface area contributed by atoms with E-state index in [4.69, 9.17) is 5.11 Å². The number of aliphatic carboxylic acids is 1. The van der Waals surface area contributed by atoms with Gasteiger partial charge in [-0.25, -0.2) is 0 Å². The lowest BCUT2D eigenvalue weighted by molar-refractivity contribution is -0.137. The third-order valence-corrected chi connectivity index (χ3v) is 2.42. The van der Waals surface area contributed by atoms with Crippen molar-refractivity contribution in [2.45, 2.75) is 52.9 Å². The fourth-order valence-corrected chi connectivity index (χ4v) is 1.86. The summed E-state index contributed by atoms with van der Waals surface area (Å²) in [6.45, 7) is 10.6. The molecule has 2 heteroatoms. The highest BCUT2D eigenvalue weighted by atomic mass is 16.4. The summed E-state index contributed by atoms with van der Waals surface area (Å²) in [5.74, 6) is 0.544. The van der Waals surface area contributed by atoms with E-state index in [1.165, 1.54) is 5.57 Å². The van der Waals surface area contributed by atoms with E-state index in [1.54, 1.807) is 0 Å². The zero-order valence-corrected chi connectivity index (χ0v) is 10.3. The Hall–Kier alpha value is -0.790. The van der Waals surface area contributed by atoms with E-state index in [1.807, 2.05) is 0 Å². The Morgan fingerprint density at radius 2 is 1.87 bits per heavy atom. The number of hydrogen-bond acceptors (Lipinski definition) is 1. The molecular formula is C13H24O2. The van der Waals surface area contributed by atoms with Crippen molar-refractivity contribution in [3.05, 3.63) is 12.2 Å². The second kappa shape index (κ2) is 7.49. The van der Waals surface area contributed by atoms with Gasteiger partial charge in [-0.3, -0.25) is 4.79 Å². The molecule has 1 N–H and O–H groups in total. The van der Waals surface area contributed by atoms with Gasteiger partial charge in [0.05, 0.1) is 0 Å². The maximum Gasteiger partial charge on any atom is 0.303 e. The molecule has 0 saturated carbocycles. The number of rotatable bonds is 8. The lowest BCUT2D eigenvalue weighted by Crippen LogP contribution is -2.01. The molecule has 0 aliphatic carbocycles. The smallest absolute Gasteiger partial charge is 0.303 e. The third-order valence-electron chi connectivity index (χ3n) is 2.42. The van der Waals surface area contributed by atoms with Gasteiger partial charge in [0, 0.05) is 6.42 Å². The van der Waals surface area contributed by atoms with Gasteiger partial charge in [0.25, 0.3) is 0 Å². The Labute approximate surface area is 93.4 Å². The minimum atomic E-state index is -0.691. The van der Waals surface area contributed by atoms with Gasteiger partial charge in [-0.2, -0.15) is 0 Å². The molecule has 0 aromatic rings. The summed E-state index contributed by atoms with van der Waals surface area (Å²) in [5.41, 5.74) is 1.30. The number of hydrogen-bond donors (Lipinski definition) is 1. The highest BCUT2D eigenvalue weighted by Crippen LogP contribution is 2.21. The van der Waals surface area contributed by atoms with Crippen LogP contribution in [0.3, 0.4) is 0 Å². The van der Waals surface area contributed by atoms with Crippen LogP contribution >= 0.6 is 0 Å². The van der Waals surface area contributed by atoms with Crippen LogP contribution in [0.15, 0.2) is 12.2 Å². The first-order valence-electron chi connectivity index (χ1n) is 5.80. The van der Waals surface area contributed by atoms with Crippen LogP contribution in [0.1, 0.15) is 52.9 Å². The Morgan fingerprint density at radius 3 is 2.33 bits per heavy atom. The maximum atomic E-state index is 10.3. The molecule has 15 heavy (non-hydrogen) atoms. The van der Waals surface area contributed by atoms with Crippen LogP contribution in [0.5, 0.6) is 0 Å². The Balaban J connectivity index is 3.59. The van der Waals surface area contributed by atoms with Crippen LogP contribution in [-0.2, 0) is 4.79 Å². The molecule has 0 heterocycles. The first kappa shape index (κ1) is 14.2. The van der Waals surface area contributed by atoms with E-state index >= 15 is 0 Å². The van der Waals surface area contributed by atoms with Crippen LogP contribution in [-0.4, -0.2) is 11.1 Å². The molecule has 0 fully saturated rings. The average molecular weight is 212 g/mol. The first-order valence-corrected chi connectivity index (χ1v) is 5.80. The molecule has 0 aromatic heterocycles. The van der Waals surface area contributed by atoms with Crippen molar-refractivity contribution in [3.8, 4) is 0 Å². The molecule has 1 atom stereocenters. The summed E-state index contributed by atoms with van der Waals surface area (Å²) < 4.78 is 0. The van der Waals surface area contributed by atoms with Crippen molar-refractivity contribution in [1.29, 1.82) is 0 Å². The van der Waals surface area contributed by atoms with Crippen LogP contribution in [0.2, 0.25) is 0 Å². The molecule has 2 nitrogen and oxygen atoms in total. The molecule has 0 amide bonds. The van der Waals surface area contributed by atoms with E-state index < -0.39 is 5.97 Å². The molecule has 0 aliphatic rings. The van der Waals surface area contributed by atoms with Crippen molar-refractivity contribution in [2.75, 3.05) is 0 Å². The number of carboxylic acid groups (broad SMARTS) is 1. The van der Waals surface area contributed by atoms with Gasteiger partial charge in [-0.15, -0.1) is 0 Å². The Bertz CT molecular complexity index is 207. The molecule has 0 radical (unpaired) electrons. The van der Waals surface area contributed by atoms with E-state index in [2.05, 4.69) is 27.4 Å². The minimum Gasteiger partial charge on any atom is -0.481 e. The highest BCUT2D eigenvalue weighted by molar-refractivity contribution is 5.66. The predicted molar refractivity (Wildman–Crippen MR) is 63.9 cm³/mol. The van der Waals surface area contributed by atoms with Crippen molar-refractivity contribution < 1.29 is 9.90 Å². The van der Waals surface area contributed by atoms with Crippen molar-refractivity contribution in [2.24, 2.45) is 11.8 Å². The van der Waals surface area contributed by atoms with Gasteiger partial charge >= 0.3 is 5.97 Å². The summed E-state index contributed by atoms with van der Waals surface area (Å²) in [7, 11) is 0. The van der Waals surface area contributed by atoms with Crippen molar-refractivity contribution in [1.82, 2.24) is 0 Å². The number of allylic oxidation sites excluding steroid dienone is 1. The Morgan fingerprint density at radius 1 is 1.27 bits per heavy atom. The summed E-state index contributed by atoms with van der Waals surface area (Å²) >= 11 is 0. The summed E-state index contributed by atoms with van der Waals surface area (Å²) in [6, 6.07) is 0. The van der Waals surface area contributed by atoms with Gasteiger partial charge in [0.1, 0.15) is 0 Å². The molecule has 1 unspecified atom stereocenters. The lowest BCUT2D eigenvalue weighted by atomic mass is 9.92. The van der Waals surface area contributed by atoms with E-state index in [-0.39, 0.29) is 0 Å². The maximum absolute atomic E-state index is 10.3. The fourth-order valence-electron chi connectivity index (χ4n) is 1.86. The minimum absolute atomic E-state index is 0.293. The number of carbonyl (C=O) groups is 1. The van der Waals surface area contributed by atoms with Gasteiger partial charge in [0.2, 0.25) is 0 Å². The highest BCUT2D eigenvalue weighted by Gasteiger charge is 2.07. The van der Waals surface area contributed by atoms with Gasteiger partial charge in [0.15, 0.2) is 0 Å². The van der Waals surface area contributed by atoms with Crippen molar-refractivity contribution in [3.63, 3.8) is 0 Å². The standard InChI is InChI=1S/C13H24O2/c1-10(2)8-12(4)9-11(3)6-5-7-13(14)15/h10-11H,4-9H2,1-3H3,(H,14,15). The molecule has 0 aliphatic heterocycles. The topological polar surface area (TPSA) is 37.3 Å². The zero-order chi connectivity index (χ0) is 11.8. The third kappa shape index (κ3) is 9.51. The molecule has 0 saturated heterocycles. The van der Waals surface area contributed by atoms with Crippen LogP contribution in [0, 0.1) is 11.8 Å². The SMILES string of the molecule is C=C(CC(C)C)CC(C)CCCC(=O)O. The fraction of sp³-hybridized carbons (Fsp3) is 0.769. The molecular weight excluding hydrogens is 188 g/mol. The largest absolute Gasteiger partial charge is 0.481 e. The van der Waals surface area contributed by atoms with Gasteiger partial charge < -0.3 is 5.11 Å². The van der Waals surface area contributed by atoms with Crippen LogP contribution in [0.25, 0.3) is 0 Å². The summed E-state index contributed by atoms with van der Waals surface area (Å²) in [6.07, 6.45) is 4.19. The van der Waals surface area contributed by atoms with Gasteiger partial charge in [-0.1, -0.05) is 32.9 Å². The molecule has 0 bridgehead atoms. The van der Waals surface area contributed by atoms with Gasteiger partial charge in [-0.05, 0) is 37.5 Å². The molecule has 0 rings (SSSR count). The summed E-state index contributed by atoms with van der Waals surface area (Å²) in [5, 5.41) is 8.51.